The average Bonchev–Trinajstić information content (AvgIpc) is 2.69. The van der Waals surface area contributed by atoms with Crippen molar-refractivity contribution in [1.29, 1.82) is 0 Å². The minimum absolute atomic E-state index is 0.0645. The lowest BCUT2D eigenvalue weighted by atomic mass is 9.51. The number of carbonyl (C=O) groups excluding carboxylic acids is 1. The molecule has 4 aliphatic rings. The van der Waals surface area contributed by atoms with E-state index in [0.29, 0.717) is 29.5 Å². The van der Waals surface area contributed by atoms with Crippen molar-refractivity contribution in [2.24, 2.45) is 29.1 Å². The Hall–Kier alpha value is -0.890. The SMILES string of the molecule is CC1=CC2=CC(=O)CC[C@@H]2[C@H]2CC[C@@]3(C)[C@@H](CC[C@]3(C)O)[C@H]12. The van der Waals surface area contributed by atoms with Crippen LogP contribution in [0.2, 0.25) is 0 Å². The van der Waals surface area contributed by atoms with Crippen LogP contribution in [-0.4, -0.2) is 16.5 Å². The van der Waals surface area contributed by atoms with E-state index in [2.05, 4.69) is 26.8 Å². The minimum Gasteiger partial charge on any atom is -0.390 e. The van der Waals surface area contributed by atoms with Crippen molar-refractivity contribution < 1.29 is 9.90 Å². The monoisotopic (exact) mass is 300 g/mol. The standard InChI is InChI=1S/C20H28O2/c1-12-10-13-11-14(21)4-5-15(13)16-6-8-19(2)17(18(12)16)7-9-20(19,3)22/h10-11,15-18,22H,4-9H2,1-3H3/t15-,16+,17-,18+,19-,20-/m0/s1. The van der Waals surface area contributed by atoms with E-state index in [0.717, 1.165) is 32.1 Å². The molecule has 0 spiro atoms. The van der Waals surface area contributed by atoms with Crippen LogP contribution >= 0.6 is 0 Å². The number of aliphatic hydroxyl groups is 1. The molecular formula is C20H28O2. The Labute approximate surface area is 133 Å². The average molecular weight is 300 g/mol. The van der Waals surface area contributed by atoms with E-state index in [9.17, 15) is 9.90 Å². The van der Waals surface area contributed by atoms with E-state index in [1.165, 1.54) is 17.6 Å². The molecule has 1 N–H and O–H groups in total. The third-order valence-electron chi connectivity index (χ3n) is 7.78. The molecular weight excluding hydrogens is 272 g/mol. The fourth-order valence-corrected chi connectivity index (χ4v) is 6.32. The van der Waals surface area contributed by atoms with Gasteiger partial charge in [-0.25, -0.2) is 0 Å². The highest BCUT2D eigenvalue weighted by Crippen LogP contribution is 2.64. The number of hydrogen-bond donors (Lipinski definition) is 1. The molecule has 0 aromatic carbocycles. The maximum atomic E-state index is 11.8. The van der Waals surface area contributed by atoms with Crippen LogP contribution in [0.5, 0.6) is 0 Å². The quantitative estimate of drug-likeness (QED) is 0.733. The van der Waals surface area contributed by atoms with Gasteiger partial charge in [-0.3, -0.25) is 4.79 Å². The van der Waals surface area contributed by atoms with Gasteiger partial charge in [-0.05, 0) is 86.7 Å². The van der Waals surface area contributed by atoms with E-state index in [-0.39, 0.29) is 5.41 Å². The van der Waals surface area contributed by atoms with Crippen molar-refractivity contribution in [3.05, 3.63) is 23.3 Å². The lowest BCUT2D eigenvalue weighted by molar-refractivity contribution is -0.116. The summed E-state index contributed by atoms with van der Waals surface area (Å²) in [5.74, 6) is 2.80. The van der Waals surface area contributed by atoms with Gasteiger partial charge in [0.15, 0.2) is 5.78 Å². The first-order valence-electron chi connectivity index (χ1n) is 8.98. The minimum atomic E-state index is -0.512. The predicted octanol–water partition coefficient (Wildman–Crippen LogP) is 4.05. The summed E-state index contributed by atoms with van der Waals surface area (Å²) in [6.45, 7) is 6.64. The van der Waals surface area contributed by atoms with E-state index < -0.39 is 5.60 Å². The molecule has 0 aromatic rings. The Balaban J connectivity index is 1.76. The molecule has 2 fully saturated rings. The van der Waals surface area contributed by atoms with Crippen LogP contribution in [-0.2, 0) is 4.79 Å². The molecule has 2 nitrogen and oxygen atoms in total. The summed E-state index contributed by atoms with van der Waals surface area (Å²) in [5.41, 5.74) is 2.30. The topological polar surface area (TPSA) is 37.3 Å². The highest BCUT2D eigenvalue weighted by Gasteiger charge is 2.60. The van der Waals surface area contributed by atoms with Crippen molar-refractivity contribution in [3.63, 3.8) is 0 Å². The van der Waals surface area contributed by atoms with Gasteiger partial charge in [-0.2, -0.15) is 0 Å². The molecule has 4 rings (SSSR count). The predicted molar refractivity (Wildman–Crippen MR) is 87.2 cm³/mol. The molecule has 2 saturated carbocycles. The molecule has 4 aliphatic carbocycles. The third kappa shape index (κ3) is 1.79. The van der Waals surface area contributed by atoms with Crippen molar-refractivity contribution >= 4 is 5.78 Å². The van der Waals surface area contributed by atoms with Gasteiger partial charge in [0.05, 0.1) is 5.60 Å². The van der Waals surface area contributed by atoms with Crippen LogP contribution in [0.3, 0.4) is 0 Å². The van der Waals surface area contributed by atoms with E-state index in [1.807, 2.05) is 6.08 Å². The fourth-order valence-electron chi connectivity index (χ4n) is 6.32. The largest absolute Gasteiger partial charge is 0.390 e. The van der Waals surface area contributed by atoms with Gasteiger partial charge in [0.1, 0.15) is 0 Å². The van der Waals surface area contributed by atoms with E-state index in [1.54, 1.807) is 0 Å². The third-order valence-corrected chi connectivity index (χ3v) is 7.78. The summed E-state index contributed by atoms with van der Waals surface area (Å²) in [6.07, 6.45) is 10.4. The maximum absolute atomic E-state index is 11.8. The Morgan fingerprint density at radius 3 is 2.68 bits per heavy atom. The first kappa shape index (κ1) is 14.7. The molecule has 0 amide bonds. The summed E-state index contributed by atoms with van der Waals surface area (Å²) >= 11 is 0. The van der Waals surface area contributed by atoms with Crippen LogP contribution in [0.15, 0.2) is 23.3 Å². The molecule has 2 heteroatoms. The van der Waals surface area contributed by atoms with Crippen LogP contribution in [0.4, 0.5) is 0 Å². The lowest BCUT2D eigenvalue weighted by Gasteiger charge is -2.54. The number of ketones is 1. The molecule has 6 atom stereocenters. The van der Waals surface area contributed by atoms with Crippen molar-refractivity contribution in [3.8, 4) is 0 Å². The summed E-state index contributed by atoms with van der Waals surface area (Å²) in [5, 5.41) is 10.9. The highest BCUT2D eigenvalue weighted by atomic mass is 16.3. The zero-order valence-electron chi connectivity index (χ0n) is 14.1. The van der Waals surface area contributed by atoms with Crippen LogP contribution < -0.4 is 0 Å². The van der Waals surface area contributed by atoms with Crippen molar-refractivity contribution in [2.45, 2.75) is 64.9 Å². The summed E-state index contributed by atoms with van der Waals surface area (Å²) in [7, 11) is 0. The van der Waals surface area contributed by atoms with Crippen LogP contribution in [0, 0.1) is 29.1 Å². The molecule has 0 radical (unpaired) electrons. The van der Waals surface area contributed by atoms with Crippen LogP contribution in [0.25, 0.3) is 0 Å². The normalized spacial score (nSPS) is 50.6. The Morgan fingerprint density at radius 2 is 1.91 bits per heavy atom. The maximum Gasteiger partial charge on any atom is 0.155 e. The second kappa shape index (κ2) is 4.56. The highest BCUT2D eigenvalue weighted by molar-refractivity contribution is 5.92. The van der Waals surface area contributed by atoms with Gasteiger partial charge < -0.3 is 5.11 Å². The second-order valence-electron chi connectivity index (χ2n) is 8.71. The molecule has 120 valence electrons. The van der Waals surface area contributed by atoms with Crippen molar-refractivity contribution in [2.75, 3.05) is 0 Å². The van der Waals surface area contributed by atoms with Gasteiger partial charge >= 0.3 is 0 Å². The molecule has 0 unspecified atom stereocenters. The Bertz CT molecular complexity index is 583. The number of allylic oxidation sites excluding steroid dienone is 4. The zero-order valence-corrected chi connectivity index (χ0v) is 14.1. The van der Waals surface area contributed by atoms with Gasteiger partial charge in [-0.15, -0.1) is 0 Å². The molecule has 0 bridgehead atoms. The first-order chi connectivity index (χ1) is 10.3. The summed E-state index contributed by atoms with van der Waals surface area (Å²) < 4.78 is 0. The lowest BCUT2D eigenvalue weighted by Crippen LogP contribution is -2.51. The Morgan fingerprint density at radius 1 is 1.14 bits per heavy atom. The number of fused-ring (bicyclic) bond motifs is 5. The molecule has 0 aromatic heterocycles. The van der Waals surface area contributed by atoms with Gasteiger partial charge in [0.25, 0.3) is 0 Å². The van der Waals surface area contributed by atoms with Crippen molar-refractivity contribution in [1.82, 2.24) is 0 Å². The van der Waals surface area contributed by atoms with Gasteiger partial charge in [0, 0.05) is 6.42 Å². The first-order valence-corrected chi connectivity index (χ1v) is 8.98. The zero-order chi connectivity index (χ0) is 15.7. The molecule has 0 saturated heterocycles. The van der Waals surface area contributed by atoms with Gasteiger partial charge in [0.2, 0.25) is 0 Å². The second-order valence-corrected chi connectivity index (χ2v) is 8.71. The Kier molecular flexibility index (Phi) is 3.05. The summed E-state index contributed by atoms with van der Waals surface area (Å²) in [6, 6.07) is 0. The van der Waals surface area contributed by atoms with E-state index >= 15 is 0 Å². The number of rotatable bonds is 0. The number of hydrogen-bond acceptors (Lipinski definition) is 2. The fraction of sp³-hybridized carbons (Fsp3) is 0.750. The summed E-state index contributed by atoms with van der Waals surface area (Å²) in [4.78, 5) is 11.8. The molecule has 22 heavy (non-hydrogen) atoms. The van der Waals surface area contributed by atoms with Gasteiger partial charge in [-0.1, -0.05) is 18.6 Å². The smallest absolute Gasteiger partial charge is 0.155 e. The molecule has 0 aliphatic heterocycles. The molecule has 0 heterocycles. The van der Waals surface area contributed by atoms with Crippen LogP contribution in [0.1, 0.15) is 59.3 Å². The van der Waals surface area contributed by atoms with E-state index in [4.69, 9.17) is 0 Å². The number of carbonyl (C=O) groups is 1.